The number of para-hydroxylation sites is 1. The lowest BCUT2D eigenvalue weighted by atomic mass is 10.2. The maximum absolute atomic E-state index is 5.76. The summed E-state index contributed by atoms with van der Waals surface area (Å²) in [7, 11) is 0. The molecular weight excluding hydrogens is 268 g/mol. The molecule has 0 radical (unpaired) electrons. The van der Waals surface area contributed by atoms with Crippen molar-refractivity contribution in [2.45, 2.75) is 20.0 Å². The molecule has 0 spiro atoms. The Bertz CT molecular complexity index is 725. The van der Waals surface area contributed by atoms with E-state index in [0.717, 1.165) is 5.56 Å². The minimum absolute atomic E-state index is 0.0635. The summed E-state index contributed by atoms with van der Waals surface area (Å²) in [6.45, 7) is 3.94. The van der Waals surface area contributed by atoms with Crippen LogP contribution >= 0.6 is 0 Å². The van der Waals surface area contributed by atoms with Gasteiger partial charge in [0, 0.05) is 12.4 Å². The maximum atomic E-state index is 5.76. The van der Waals surface area contributed by atoms with Crippen LogP contribution in [0, 0.1) is 0 Å². The van der Waals surface area contributed by atoms with E-state index in [1.807, 2.05) is 38.1 Å². The second-order valence-electron chi connectivity index (χ2n) is 4.68. The van der Waals surface area contributed by atoms with Gasteiger partial charge in [-0.25, -0.2) is 4.98 Å². The third kappa shape index (κ3) is 2.89. The molecule has 6 heteroatoms. The number of benzene rings is 1. The van der Waals surface area contributed by atoms with E-state index in [1.165, 1.54) is 0 Å². The molecule has 2 heterocycles. The van der Waals surface area contributed by atoms with Crippen molar-refractivity contribution in [2.24, 2.45) is 0 Å². The summed E-state index contributed by atoms with van der Waals surface area (Å²) in [5.41, 5.74) is 1.32. The largest absolute Gasteiger partial charge is 0.490 e. The van der Waals surface area contributed by atoms with E-state index in [2.05, 4.69) is 20.1 Å². The van der Waals surface area contributed by atoms with Crippen LogP contribution in [0.5, 0.6) is 5.75 Å². The van der Waals surface area contributed by atoms with Crippen molar-refractivity contribution in [2.75, 3.05) is 0 Å². The summed E-state index contributed by atoms with van der Waals surface area (Å²) in [5.74, 6) is 1.51. The van der Waals surface area contributed by atoms with E-state index in [9.17, 15) is 0 Å². The van der Waals surface area contributed by atoms with Crippen LogP contribution < -0.4 is 4.74 Å². The van der Waals surface area contributed by atoms with Crippen LogP contribution in [0.2, 0.25) is 0 Å². The van der Waals surface area contributed by atoms with Crippen molar-refractivity contribution in [3.63, 3.8) is 0 Å². The van der Waals surface area contributed by atoms with Crippen molar-refractivity contribution in [3.05, 3.63) is 42.9 Å². The minimum Gasteiger partial charge on any atom is -0.490 e. The molecule has 1 aromatic carbocycles. The van der Waals surface area contributed by atoms with Crippen molar-refractivity contribution in [3.8, 4) is 28.7 Å². The Balaban J connectivity index is 1.97. The van der Waals surface area contributed by atoms with Gasteiger partial charge in [0.2, 0.25) is 5.82 Å². The average molecular weight is 282 g/mol. The van der Waals surface area contributed by atoms with Gasteiger partial charge in [0.05, 0.1) is 17.9 Å². The van der Waals surface area contributed by atoms with E-state index < -0.39 is 0 Å². The van der Waals surface area contributed by atoms with E-state index in [0.29, 0.717) is 23.2 Å². The molecule has 0 N–H and O–H groups in total. The predicted octanol–water partition coefficient (Wildman–Crippen LogP) is 2.98. The number of rotatable bonds is 4. The molecule has 0 bridgehead atoms. The lowest BCUT2D eigenvalue weighted by molar-refractivity contribution is 0.242. The zero-order valence-corrected chi connectivity index (χ0v) is 11.7. The quantitative estimate of drug-likeness (QED) is 0.732. The molecule has 3 aromatic rings. The second kappa shape index (κ2) is 5.70. The molecule has 106 valence electrons. The number of hydrogen-bond acceptors (Lipinski definition) is 6. The highest BCUT2D eigenvalue weighted by atomic mass is 16.5. The van der Waals surface area contributed by atoms with E-state index in [-0.39, 0.29) is 6.10 Å². The predicted molar refractivity (Wildman–Crippen MR) is 76.5 cm³/mol. The molecule has 0 aliphatic heterocycles. The fourth-order valence-electron chi connectivity index (χ4n) is 1.85. The molecule has 0 fully saturated rings. The van der Waals surface area contributed by atoms with Crippen LogP contribution in [0.3, 0.4) is 0 Å². The molecule has 0 amide bonds. The second-order valence-corrected chi connectivity index (χ2v) is 4.68. The number of aromatic nitrogens is 4. The van der Waals surface area contributed by atoms with Crippen LogP contribution in [0.15, 0.2) is 47.4 Å². The molecule has 0 atom stereocenters. The highest BCUT2D eigenvalue weighted by molar-refractivity contribution is 5.64. The first-order valence-corrected chi connectivity index (χ1v) is 6.60. The normalized spacial score (nSPS) is 10.8. The third-order valence-electron chi connectivity index (χ3n) is 2.70. The Kier molecular flexibility index (Phi) is 3.59. The van der Waals surface area contributed by atoms with Crippen LogP contribution in [-0.2, 0) is 0 Å². The maximum Gasteiger partial charge on any atom is 0.262 e. The Labute approximate surface area is 121 Å². The SMILES string of the molecule is CC(C)Oc1ccccc1-c1nc(-c2cnccn2)no1. The van der Waals surface area contributed by atoms with Crippen molar-refractivity contribution >= 4 is 0 Å². The first-order chi connectivity index (χ1) is 10.2. The molecule has 21 heavy (non-hydrogen) atoms. The average Bonchev–Trinajstić information content (AvgIpc) is 2.98. The summed E-state index contributed by atoms with van der Waals surface area (Å²) in [6.07, 6.45) is 4.83. The smallest absolute Gasteiger partial charge is 0.262 e. The Morgan fingerprint density at radius 1 is 1.14 bits per heavy atom. The Morgan fingerprint density at radius 2 is 2.00 bits per heavy atom. The molecule has 2 aromatic heterocycles. The number of nitrogens with zero attached hydrogens (tertiary/aromatic N) is 4. The van der Waals surface area contributed by atoms with Crippen LogP contribution in [0.25, 0.3) is 23.0 Å². The van der Waals surface area contributed by atoms with Crippen molar-refractivity contribution < 1.29 is 9.26 Å². The van der Waals surface area contributed by atoms with Crippen LogP contribution in [-0.4, -0.2) is 26.2 Å². The molecule has 6 nitrogen and oxygen atoms in total. The molecule has 0 unspecified atom stereocenters. The first-order valence-electron chi connectivity index (χ1n) is 6.60. The van der Waals surface area contributed by atoms with Crippen LogP contribution in [0.1, 0.15) is 13.8 Å². The molecule has 0 saturated carbocycles. The molecular formula is C15H14N4O2. The van der Waals surface area contributed by atoms with Gasteiger partial charge in [-0.15, -0.1) is 0 Å². The standard InChI is InChI=1S/C15H14N4O2/c1-10(2)20-13-6-4-3-5-11(13)15-18-14(19-21-15)12-9-16-7-8-17-12/h3-10H,1-2H3. The Hall–Kier alpha value is -2.76. The number of ether oxygens (including phenoxy) is 1. The van der Waals surface area contributed by atoms with Crippen LogP contribution in [0.4, 0.5) is 0 Å². The summed E-state index contributed by atoms with van der Waals surface area (Å²) >= 11 is 0. The topological polar surface area (TPSA) is 73.9 Å². The van der Waals surface area contributed by atoms with Crippen molar-refractivity contribution in [1.82, 2.24) is 20.1 Å². The fraction of sp³-hybridized carbons (Fsp3) is 0.200. The number of hydrogen-bond donors (Lipinski definition) is 0. The first kappa shape index (κ1) is 13.2. The minimum atomic E-state index is 0.0635. The summed E-state index contributed by atoms with van der Waals surface area (Å²) in [4.78, 5) is 12.5. The van der Waals surface area contributed by atoms with Gasteiger partial charge in [-0.3, -0.25) is 4.98 Å². The zero-order valence-electron chi connectivity index (χ0n) is 11.7. The third-order valence-corrected chi connectivity index (χ3v) is 2.70. The zero-order chi connectivity index (χ0) is 14.7. The Morgan fingerprint density at radius 3 is 2.76 bits per heavy atom. The van der Waals surface area contributed by atoms with Gasteiger partial charge in [-0.2, -0.15) is 4.98 Å². The molecule has 0 aliphatic rings. The van der Waals surface area contributed by atoms with Gasteiger partial charge >= 0.3 is 0 Å². The highest BCUT2D eigenvalue weighted by Gasteiger charge is 2.15. The van der Waals surface area contributed by atoms with Crippen molar-refractivity contribution in [1.29, 1.82) is 0 Å². The van der Waals surface area contributed by atoms with Gasteiger partial charge in [0.1, 0.15) is 11.4 Å². The molecule has 0 aliphatic carbocycles. The van der Waals surface area contributed by atoms with E-state index >= 15 is 0 Å². The van der Waals surface area contributed by atoms with Gasteiger partial charge in [0.25, 0.3) is 5.89 Å². The molecule has 3 rings (SSSR count). The monoisotopic (exact) mass is 282 g/mol. The lowest BCUT2D eigenvalue weighted by Gasteiger charge is -2.11. The van der Waals surface area contributed by atoms with Gasteiger partial charge in [-0.1, -0.05) is 17.3 Å². The van der Waals surface area contributed by atoms with Gasteiger partial charge < -0.3 is 9.26 Å². The highest BCUT2D eigenvalue weighted by Crippen LogP contribution is 2.30. The summed E-state index contributed by atoms with van der Waals surface area (Å²) in [5, 5.41) is 3.94. The van der Waals surface area contributed by atoms with E-state index in [1.54, 1.807) is 18.6 Å². The fourth-order valence-corrected chi connectivity index (χ4v) is 1.85. The molecule has 0 saturated heterocycles. The summed E-state index contributed by atoms with van der Waals surface area (Å²) in [6, 6.07) is 7.56. The summed E-state index contributed by atoms with van der Waals surface area (Å²) < 4.78 is 11.1. The lowest BCUT2D eigenvalue weighted by Crippen LogP contribution is -2.06. The van der Waals surface area contributed by atoms with Gasteiger partial charge in [0.15, 0.2) is 0 Å². The van der Waals surface area contributed by atoms with Gasteiger partial charge in [-0.05, 0) is 26.0 Å². The van der Waals surface area contributed by atoms with E-state index in [4.69, 9.17) is 9.26 Å².